The Kier molecular flexibility index (Phi) is 5.89. The normalized spacial score (nSPS) is 15.2. The number of rotatable bonds is 5. The number of carbonyl (C=O) groups is 1. The fraction of sp³-hybridized carbons (Fsp3) is 0.316. The van der Waals surface area contributed by atoms with Crippen molar-refractivity contribution < 1.29 is 9.18 Å². The minimum Gasteiger partial charge on any atom is -0.369 e. The molecule has 0 spiro atoms. The molecule has 132 valence electrons. The molecule has 1 aliphatic heterocycles. The van der Waals surface area contributed by atoms with Gasteiger partial charge in [-0.3, -0.25) is 9.69 Å². The Balaban J connectivity index is 1.40. The molecule has 0 aromatic heterocycles. The molecule has 0 saturated carbocycles. The van der Waals surface area contributed by atoms with Gasteiger partial charge < -0.3 is 10.2 Å². The first kappa shape index (κ1) is 17.7. The van der Waals surface area contributed by atoms with Crippen molar-refractivity contribution in [1.29, 1.82) is 0 Å². The van der Waals surface area contributed by atoms with Crippen LogP contribution in [0.3, 0.4) is 0 Å². The maximum atomic E-state index is 13.0. The topological polar surface area (TPSA) is 35.6 Å². The summed E-state index contributed by atoms with van der Waals surface area (Å²) >= 11 is 5.83. The molecule has 1 aliphatic rings. The average Bonchev–Trinajstić information content (AvgIpc) is 2.63. The summed E-state index contributed by atoms with van der Waals surface area (Å²) in [4.78, 5) is 16.6. The summed E-state index contributed by atoms with van der Waals surface area (Å²) in [5.74, 6) is -0.211. The molecule has 4 nitrogen and oxygen atoms in total. The highest BCUT2D eigenvalue weighted by Crippen LogP contribution is 2.17. The first-order chi connectivity index (χ1) is 12.1. The zero-order valence-electron chi connectivity index (χ0n) is 13.9. The Morgan fingerprint density at radius 2 is 1.64 bits per heavy atom. The molecule has 2 aromatic rings. The Hall–Kier alpha value is -2.11. The van der Waals surface area contributed by atoms with Crippen LogP contribution in [0.15, 0.2) is 48.5 Å². The highest BCUT2D eigenvalue weighted by atomic mass is 35.5. The van der Waals surface area contributed by atoms with Gasteiger partial charge >= 0.3 is 0 Å². The minimum atomic E-state index is -0.214. The van der Waals surface area contributed by atoms with Crippen LogP contribution in [-0.2, 0) is 4.79 Å². The Morgan fingerprint density at radius 1 is 1.00 bits per heavy atom. The molecule has 1 amide bonds. The lowest BCUT2D eigenvalue weighted by Crippen LogP contribution is -2.47. The lowest BCUT2D eigenvalue weighted by Gasteiger charge is -2.36. The van der Waals surface area contributed by atoms with E-state index in [9.17, 15) is 9.18 Å². The number of halogens is 2. The number of nitrogens with zero attached hydrogens (tertiary/aromatic N) is 2. The van der Waals surface area contributed by atoms with Gasteiger partial charge in [-0.25, -0.2) is 4.39 Å². The third-order valence-electron chi connectivity index (χ3n) is 4.35. The van der Waals surface area contributed by atoms with E-state index in [1.165, 1.54) is 12.1 Å². The number of nitrogens with one attached hydrogen (secondary N) is 1. The van der Waals surface area contributed by atoms with E-state index in [1.54, 1.807) is 24.3 Å². The smallest absolute Gasteiger partial charge is 0.225 e. The van der Waals surface area contributed by atoms with Gasteiger partial charge in [-0.05, 0) is 48.5 Å². The molecule has 6 heteroatoms. The SMILES string of the molecule is O=C(CCN1CCN(c2ccc(F)cc2)CC1)Nc1ccc(Cl)cc1. The Bertz CT molecular complexity index is 698. The number of hydrogen-bond acceptors (Lipinski definition) is 3. The quantitative estimate of drug-likeness (QED) is 0.883. The predicted octanol–water partition coefficient (Wildman–Crippen LogP) is 3.63. The average molecular weight is 362 g/mol. The van der Waals surface area contributed by atoms with Crippen molar-refractivity contribution in [2.45, 2.75) is 6.42 Å². The van der Waals surface area contributed by atoms with Crippen LogP contribution in [-0.4, -0.2) is 43.5 Å². The first-order valence-electron chi connectivity index (χ1n) is 8.38. The van der Waals surface area contributed by atoms with Crippen LogP contribution in [0.1, 0.15) is 6.42 Å². The molecular weight excluding hydrogens is 341 g/mol. The van der Waals surface area contributed by atoms with Gasteiger partial charge in [-0.2, -0.15) is 0 Å². The van der Waals surface area contributed by atoms with Crippen molar-refractivity contribution in [3.8, 4) is 0 Å². The summed E-state index contributed by atoms with van der Waals surface area (Å²) in [5.41, 5.74) is 1.80. The van der Waals surface area contributed by atoms with Crippen molar-refractivity contribution in [2.75, 3.05) is 42.9 Å². The van der Waals surface area contributed by atoms with E-state index >= 15 is 0 Å². The number of carbonyl (C=O) groups excluding carboxylic acids is 1. The highest BCUT2D eigenvalue weighted by molar-refractivity contribution is 6.30. The second kappa shape index (κ2) is 8.32. The molecule has 1 N–H and O–H groups in total. The van der Waals surface area contributed by atoms with Crippen LogP contribution in [0.2, 0.25) is 5.02 Å². The van der Waals surface area contributed by atoms with Crippen LogP contribution in [0.4, 0.5) is 15.8 Å². The van der Waals surface area contributed by atoms with Gasteiger partial charge in [0.15, 0.2) is 0 Å². The molecule has 0 radical (unpaired) electrons. The summed E-state index contributed by atoms with van der Waals surface area (Å²) in [6, 6.07) is 13.7. The van der Waals surface area contributed by atoms with Gasteiger partial charge in [0.05, 0.1) is 0 Å². The number of hydrogen-bond donors (Lipinski definition) is 1. The van der Waals surface area contributed by atoms with Gasteiger partial charge in [0.25, 0.3) is 0 Å². The molecule has 1 heterocycles. The fourth-order valence-corrected chi connectivity index (χ4v) is 3.02. The molecule has 2 aromatic carbocycles. The minimum absolute atomic E-state index is 0.00304. The maximum absolute atomic E-state index is 13.0. The molecule has 0 bridgehead atoms. The van der Waals surface area contributed by atoms with Crippen molar-refractivity contribution in [1.82, 2.24) is 4.90 Å². The van der Waals surface area contributed by atoms with Crippen molar-refractivity contribution in [3.63, 3.8) is 0 Å². The van der Waals surface area contributed by atoms with E-state index in [1.807, 2.05) is 12.1 Å². The van der Waals surface area contributed by atoms with Gasteiger partial charge in [0.1, 0.15) is 5.82 Å². The second-order valence-electron chi connectivity index (χ2n) is 6.11. The standard InChI is InChI=1S/C19H21ClFN3O/c20-15-1-5-17(6-2-15)22-19(25)9-10-23-11-13-24(14-12-23)18-7-3-16(21)4-8-18/h1-8H,9-14H2,(H,22,25). The molecule has 0 aliphatic carbocycles. The largest absolute Gasteiger partial charge is 0.369 e. The van der Waals surface area contributed by atoms with Gasteiger partial charge in [-0.15, -0.1) is 0 Å². The number of piperazine rings is 1. The van der Waals surface area contributed by atoms with Gasteiger partial charge in [0, 0.05) is 55.5 Å². The second-order valence-corrected chi connectivity index (χ2v) is 6.55. The highest BCUT2D eigenvalue weighted by Gasteiger charge is 2.17. The van der Waals surface area contributed by atoms with E-state index in [0.29, 0.717) is 11.4 Å². The molecule has 1 saturated heterocycles. The lowest BCUT2D eigenvalue weighted by atomic mass is 10.2. The Labute approximate surface area is 152 Å². The van der Waals surface area contributed by atoms with Gasteiger partial charge in [0.2, 0.25) is 5.91 Å². The van der Waals surface area contributed by atoms with Crippen LogP contribution in [0.5, 0.6) is 0 Å². The summed E-state index contributed by atoms with van der Waals surface area (Å²) < 4.78 is 13.0. The number of anilines is 2. The monoisotopic (exact) mass is 361 g/mol. The molecule has 0 unspecified atom stereocenters. The van der Waals surface area contributed by atoms with E-state index < -0.39 is 0 Å². The first-order valence-corrected chi connectivity index (χ1v) is 8.76. The van der Waals surface area contributed by atoms with E-state index in [2.05, 4.69) is 15.1 Å². The molecule has 3 rings (SSSR count). The maximum Gasteiger partial charge on any atom is 0.225 e. The lowest BCUT2D eigenvalue weighted by molar-refractivity contribution is -0.116. The third-order valence-corrected chi connectivity index (χ3v) is 4.60. The summed E-state index contributed by atoms with van der Waals surface area (Å²) in [6.45, 7) is 4.28. The van der Waals surface area contributed by atoms with Crippen molar-refractivity contribution in [2.24, 2.45) is 0 Å². The molecule has 25 heavy (non-hydrogen) atoms. The van der Waals surface area contributed by atoms with E-state index in [-0.39, 0.29) is 11.7 Å². The third kappa shape index (κ3) is 5.18. The van der Waals surface area contributed by atoms with Crippen LogP contribution < -0.4 is 10.2 Å². The van der Waals surface area contributed by atoms with Gasteiger partial charge in [-0.1, -0.05) is 11.6 Å². The van der Waals surface area contributed by atoms with E-state index in [4.69, 9.17) is 11.6 Å². The molecular formula is C19H21ClFN3O. The fourth-order valence-electron chi connectivity index (χ4n) is 2.90. The zero-order chi connectivity index (χ0) is 17.6. The number of amides is 1. The Morgan fingerprint density at radius 3 is 2.28 bits per heavy atom. The summed E-state index contributed by atoms with van der Waals surface area (Å²) in [5, 5.41) is 3.53. The summed E-state index contributed by atoms with van der Waals surface area (Å²) in [6.07, 6.45) is 0.458. The summed E-state index contributed by atoms with van der Waals surface area (Å²) in [7, 11) is 0. The van der Waals surface area contributed by atoms with Crippen LogP contribution >= 0.6 is 11.6 Å². The zero-order valence-corrected chi connectivity index (χ0v) is 14.7. The molecule has 0 atom stereocenters. The van der Waals surface area contributed by atoms with Crippen LogP contribution in [0.25, 0.3) is 0 Å². The van der Waals surface area contributed by atoms with Crippen molar-refractivity contribution >= 4 is 28.9 Å². The van der Waals surface area contributed by atoms with Crippen molar-refractivity contribution in [3.05, 3.63) is 59.4 Å². The van der Waals surface area contributed by atoms with Crippen LogP contribution in [0, 0.1) is 5.82 Å². The number of benzene rings is 2. The van der Waals surface area contributed by atoms with E-state index in [0.717, 1.165) is 44.1 Å². The molecule has 1 fully saturated rings. The predicted molar refractivity (Wildman–Crippen MR) is 99.8 cm³/mol.